The summed E-state index contributed by atoms with van der Waals surface area (Å²) in [5.74, 6) is -2.19. The lowest BCUT2D eigenvalue weighted by Crippen LogP contribution is -2.31. The van der Waals surface area contributed by atoms with E-state index in [9.17, 15) is 22.4 Å². The molecule has 0 bridgehead atoms. The summed E-state index contributed by atoms with van der Waals surface area (Å²) in [5.41, 5.74) is -1.77. The molecule has 0 aromatic heterocycles. The predicted octanol–water partition coefficient (Wildman–Crippen LogP) is 2.83. The Morgan fingerprint density at radius 2 is 2.10 bits per heavy atom. The first-order valence-electron chi connectivity index (χ1n) is 5.53. The molecule has 8 heteroatoms. The maximum atomic E-state index is 13.1. The Kier molecular flexibility index (Phi) is 5.76. The summed E-state index contributed by atoms with van der Waals surface area (Å²) in [4.78, 5) is 11.6. The van der Waals surface area contributed by atoms with Crippen LogP contribution in [0.15, 0.2) is 18.2 Å². The molecular weight excluding hydrogens is 302 g/mol. The second-order valence-corrected chi connectivity index (χ2v) is 4.57. The summed E-state index contributed by atoms with van der Waals surface area (Å²) in [6, 6.07) is 2.04. The van der Waals surface area contributed by atoms with Crippen molar-refractivity contribution in [3.05, 3.63) is 35.1 Å². The van der Waals surface area contributed by atoms with Crippen LogP contribution in [0.2, 0.25) is 0 Å². The fourth-order valence-electron chi connectivity index (χ4n) is 1.43. The quantitative estimate of drug-likeness (QED) is 0.670. The molecule has 0 aliphatic heterocycles. The number of hydrogen-bond donors (Lipinski definition) is 1. The Morgan fingerprint density at radius 1 is 1.45 bits per heavy atom. The van der Waals surface area contributed by atoms with Crippen molar-refractivity contribution in [1.82, 2.24) is 5.32 Å². The first-order chi connectivity index (χ1) is 9.25. The number of alkyl halides is 4. The van der Waals surface area contributed by atoms with Crippen LogP contribution >= 0.6 is 11.6 Å². The van der Waals surface area contributed by atoms with Gasteiger partial charge in [-0.05, 0) is 18.2 Å². The summed E-state index contributed by atoms with van der Waals surface area (Å²) in [5, 5.41) is 1.83. The van der Waals surface area contributed by atoms with E-state index in [1.807, 2.05) is 0 Å². The number of ether oxygens (including phenoxy) is 1. The van der Waals surface area contributed by atoms with Crippen molar-refractivity contribution < 1.29 is 27.1 Å². The minimum atomic E-state index is -4.86. The molecule has 0 aliphatic carbocycles. The third kappa shape index (κ3) is 4.64. The number of rotatable bonds is 5. The van der Waals surface area contributed by atoms with E-state index in [0.717, 1.165) is 6.07 Å². The number of amides is 1. The molecular formula is C12H12ClF4NO2. The number of halogens is 5. The molecule has 0 fully saturated rings. The van der Waals surface area contributed by atoms with Crippen molar-refractivity contribution in [2.45, 2.75) is 11.6 Å². The fourth-order valence-corrected chi connectivity index (χ4v) is 1.63. The van der Waals surface area contributed by atoms with E-state index in [1.54, 1.807) is 0 Å². The minimum Gasteiger partial charge on any atom is -0.383 e. The summed E-state index contributed by atoms with van der Waals surface area (Å²) in [6.07, 6.45) is -4.86. The SMILES string of the molecule is COCC(Cl)CNC(=O)c1ccc(F)c(C(F)(F)F)c1. The highest BCUT2D eigenvalue weighted by Crippen LogP contribution is 2.31. The number of carbonyl (C=O) groups is 1. The summed E-state index contributed by atoms with van der Waals surface area (Å²) in [7, 11) is 1.42. The van der Waals surface area contributed by atoms with Gasteiger partial charge in [0, 0.05) is 19.2 Å². The third-order valence-electron chi connectivity index (χ3n) is 2.37. The second-order valence-electron chi connectivity index (χ2n) is 3.96. The topological polar surface area (TPSA) is 38.3 Å². The number of benzene rings is 1. The van der Waals surface area contributed by atoms with Crippen LogP contribution in [0.3, 0.4) is 0 Å². The minimum absolute atomic E-state index is 0.0208. The van der Waals surface area contributed by atoms with Gasteiger partial charge in [-0.2, -0.15) is 13.2 Å². The molecule has 1 aromatic rings. The third-order valence-corrected chi connectivity index (χ3v) is 2.65. The van der Waals surface area contributed by atoms with Gasteiger partial charge in [-0.15, -0.1) is 11.6 Å². The largest absolute Gasteiger partial charge is 0.419 e. The van der Waals surface area contributed by atoms with Gasteiger partial charge >= 0.3 is 6.18 Å². The molecule has 112 valence electrons. The highest BCUT2D eigenvalue weighted by molar-refractivity contribution is 6.21. The highest BCUT2D eigenvalue weighted by atomic mass is 35.5. The smallest absolute Gasteiger partial charge is 0.383 e. The lowest BCUT2D eigenvalue weighted by Gasteiger charge is -2.12. The molecule has 0 aliphatic rings. The molecule has 0 heterocycles. The van der Waals surface area contributed by atoms with E-state index in [-0.39, 0.29) is 18.7 Å². The molecule has 1 N–H and O–H groups in total. The first-order valence-corrected chi connectivity index (χ1v) is 5.97. The van der Waals surface area contributed by atoms with Crippen LogP contribution in [0.25, 0.3) is 0 Å². The van der Waals surface area contributed by atoms with Gasteiger partial charge in [0.2, 0.25) is 0 Å². The monoisotopic (exact) mass is 313 g/mol. The van der Waals surface area contributed by atoms with Crippen molar-refractivity contribution in [2.24, 2.45) is 0 Å². The van der Waals surface area contributed by atoms with Gasteiger partial charge in [0.05, 0.1) is 17.5 Å². The molecule has 0 saturated carbocycles. The maximum absolute atomic E-state index is 13.1. The van der Waals surface area contributed by atoms with Gasteiger partial charge in [0.25, 0.3) is 5.91 Å². The van der Waals surface area contributed by atoms with Crippen molar-refractivity contribution >= 4 is 17.5 Å². The molecule has 0 spiro atoms. The Labute approximate surface area is 117 Å². The first kappa shape index (κ1) is 16.7. The van der Waals surface area contributed by atoms with Crippen LogP contribution in [0, 0.1) is 5.82 Å². The van der Waals surface area contributed by atoms with Crippen LogP contribution in [0.5, 0.6) is 0 Å². The predicted molar refractivity (Wildman–Crippen MR) is 65.3 cm³/mol. The van der Waals surface area contributed by atoms with Crippen molar-refractivity contribution in [3.8, 4) is 0 Å². The van der Waals surface area contributed by atoms with E-state index < -0.39 is 28.8 Å². The number of carbonyl (C=O) groups excluding carboxylic acids is 1. The molecule has 20 heavy (non-hydrogen) atoms. The lowest BCUT2D eigenvalue weighted by atomic mass is 10.1. The highest BCUT2D eigenvalue weighted by Gasteiger charge is 2.34. The lowest BCUT2D eigenvalue weighted by molar-refractivity contribution is -0.140. The molecule has 1 rings (SSSR count). The summed E-state index contributed by atoms with van der Waals surface area (Å²) >= 11 is 5.76. The molecule has 0 radical (unpaired) electrons. The number of hydrogen-bond acceptors (Lipinski definition) is 2. The Morgan fingerprint density at radius 3 is 2.65 bits per heavy atom. The average Bonchev–Trinajstić information content (AvgIpc) is 2.35. The van der Waals surface area contributed by atoms with Crippen LogP contribution in [-0.2, 0) is 10.9 Å². The van der Waals surface area contributed by atoms with Crippen molar-refractivity contribution in [3.63, 3.8) is 0 Å². The van der Waals surface area contributed by atoms with E-state index >= 15 is 0 Å². The van der Waals surface area contributed by atoms with E-state index in [1.165, 1.54) is 7.11 Å². The maximum Gasteiger partial charge on any atom is 0.419 e. The molecule has 0 saturated heterocycles. The Balaban J connectivity index is 2.79. The van der Waals surface area contributed by atoms with Gasteiger partial charge in [0.15, 0.2) is 0 Å². The second kappa shape index (κ2) is 6.90. The average molecular weight is 314 g/mol. The standard InChI is InChI=1S/C12H12ClF4NO2/c1-20-6-8(13)5-18-11(19)7-2-3-10(14)9(4-7)12(15,16)17/h2-4,8H,5-6H2,1H3,(H,18,19). The zero-order valence-electron chi connectivity index (χ0n) is 10.4. The Bertz CT molecular complexity index is 479. The summed E-state index contributed by atoms with van der Waals surface area (Å²) in [6.45, 7) is 0.200. The van der Waals surface area contributed by atoms with Crippen LogP contribution < -0.4 is 5.32 Å². The zero-order chi connectivity index (χ0) is 15.3. The van der Waals surface area contributed by atoms with E-state index in [4.69, 9.17) is 16.3 Å². The van der Waals surface area contributed by atoms with Crippen LogP contribution in [0.1, 0.15) is 15.9 Å². The van der Waals surface area contributed by atoms with E-state index in [0.29, 0.717) is 12.1 Å². The number of methoxy groups -OCH3 is 1. The van der Waals surface area contributed by atoms with E-state index in [2.05, 4.69) is 5.32 Å². The fraction of sp³-hybridized carbons (Fsp3) is 0.417. The van der Waals surface area contributed by atoms with Crippen LogP contribution in [0.4, 0.5) is 17.6 Å². The van der Waals surface area contributed by atoms with Gasteiger partial charge in [0.1, 0.15) is 5.82 Å². The zero-order valence-corrected chi connectivity index (χ0v) is 11.2. The molecule has 1 aromatic carbocycles. The van der Waals surface area contributed by atoms with Crippen LogP contribution in [-0.4, -0.2) is 31.5 Å². The van der Waals surface area contributed by atoms with Gasteiger partial charge in [-0.3, -0.25) is 4.79 Å². The Hall–Kier alpha value is -1.34. The van der Waals surface area contributed by atoms with Gasteiger partial charge in [-0.1, -0.05) is 0 Å². The molecule has 1 unspecified atom stereocenters. The summed E-state index contributed by atoms with van der Waals surface area (Å²) < 4.78 is 55.3. The van der Waals surface area contributed by atoms with Gasteiger partial charge < -0.3 is 10.1 Å². The van der Waals surface area contributed by atoms with Crippen molar-refractivity contribution in [2.75, 3.05) is 20.3 Å². The number of nitrogens with one attached hydrogen (secondary N) is 1. The van der Waals surface area contributed by atoms with Crippen molar-refractivity contribution in [1.29, 1.82) is 0 Å². The molecule has 1 amide bonds. The normalized spacial score (nSPS) is 13.1. The van der Waals surface area contributed by atoms with Gasteiger partial charge in [-0.25, -0.2) is 4.39 Å². The molecule has 3 nitrogen and oxygen atoms in total. The molecule has 1 atom stereocenters.